The van der Waals surface area contributed by atoms with Crippen LogP contribution >= 0.6 is 0 Å². The number of pyridine rings is 1. The van der Waals surface area contributed by atoms with Crippen molar-refractivity contribution in [2.75, 3.05) is 20.6 Å². The van der Waals surface area contributed by atoms with Crippen molar-refractivity contribution >= 4 is 10.2 Å². The maximum absolute atomic E-state index is 12.2. The van der Waals surface area contributed by atoms with E-state index in [9.17, 15) is 8.42 Å². The van der Waals surface area contributed by atoms with Crippen molar-refractivity contribution in [2.45, 2.75) is 13.0 Å². The summed E-state index contributed by atoms with van der Waals surface area (Å²) in [5.41, 5.74) is 1.46. The van der Waals surface area contributed by atoms with Crippen molar-refractivity contribution in [3.8, 4) is 11.5 Å². The van der Waals surface area contributed by atoms with E-state index >= 15 is 0 Å². The van der Waals surface area contributed by atoms with Crippen LogP contribution in [0.25, 0.3) is 11.5 Å². The van der Waals surface area contributed by atoms with Gasteiger partial charge in [0.05, 0.1) is 17.8 Å². The van der Waals surface area contributed by atoms with Gasteiger partial charge in [-0.2, -0.15) is 17.0 Å². The summed E-state index contributed by atoms with van der Waals surface area (Å²) in [6.45, 7) is 0.634. The van der Waals surface area contributed by atoms with Crippen LogP contribution in [-0.2, 0) is 23.2 Å². The van der Waals surface area contributed by atoms with Crippen molar-refractivity contribution in [1.29, 1.82) is 0 Å². The first-order valence-corrected chi connectivity index (χ1v) is 7.95. The van der Waals surface area contributed by atoms with Gasteiger partial charge in [0.15, 0.2) is 0 Å². The first-order chi connectivity index (χ1) is 9.98. The predicted octanol–water partition coefficient (Wildman–Crippen LogP) is 0.901. The van der Waals surface area contributed by atoms with Crippen LogP contribution in [0.5, 0.6) is 0 Å². The molecule has 0 N–H and O–H groups in total. The van der Waals surface area contributed by atoms with Crippen LogP contribution in [-0.4, -0.2) is 47.6 Å². The van der Waals surface area contributed by atoms with E-state index in [0.29, 0.717) is 24.6 Å². The summed E-state index contributed by atoms with van der Waals surface area (Å²) in [6, 6.07) is 3.67. The Bertz CT molecular complexity index is 740. The van der Waals surface area contributed by atoms with Gasteiger partial charge in [-0.15, -0.1) is 0 Å². The quantitative estimate of drug-likeness (QED) is 0.841. The van der Waals surface area contributed by atoms with Gasteiger partial charge in [-0.05, 0) is 12.1 Å². The molecule has 0 aliphatic carbocycles. The molecule has 0 atom stereocenters. The minimum absolute atomic E-state index is 0.236. The summed E-state index contributed by atoms with van der Waals surface area (Å²) in [7, 11) is -0.380. The molecule has 0 saturated carbocycles. The molecule has 1 aliphatic heterocycles. The van der Waals surface area contributed by atoms with Gasteiger partial charge in [0.1, 0.15) is 5.76 Å². The smallest absolute Gasteiger partial charge is 0.281 e. The number of rotatable bonds is 3. The molecular formula is C13H16N4O3S. The van der Waals surface area contributed by atoms with E-state index in [1.165, 1.54) is 22.7 Å². The van der Waals surface area contributed by atoms with Gasteiger partial charge in [-0.1, -0.05) is 0 Å². The van der Waals surface area contributed by atoms with Gasteiger partial charge in [0, 0.05) is 39.5 Å². The van der Waals surface area contributed by atoms with Crippen molar-refractivity contribution in [3.63, 3.8) is 0 Å². The molecule has 21 heavy (non-hydrogen) atoms. The summed E-state index contributed by atoms with van der Waals surface area (Å²) in [6.07, 6.45) is 3.87. The highest BCUT2D eigenvalue weighted by Crippen LogP contribution is 2.27. The topological polar surface area (TPSA) is 79.5 Å². The zero-order chi connectivity index (χ0) is 15.0. The van der Waals surface area contributed by atoms with Gasteiger partial charge < -0.3 is 4.42 Å². The minimum atomic E-state index is -3.43. The summed E-state index contributed by atoms with van der Waals surface area (Å²) in [5.74, 6) is 1.23. The summed E-state index contributed by atoms with van der Waals surface area (Å²) in [4.78, 5) is 8.44. The fourth-order valence-electron chi connectivity index (χ4n) is 2.22. The lowest BCUT2D eigenvalue weighted by Gasteiger charge is -2.27. The maximum atomic E-state index is 12.2. The third-order valence-electron chi connectivity index (χ3n) is 3.39. The molecule has 2 aromatic rings. The Morgan fingerprint density at radius 2 is 2.19 bits per heavy atom. The Labute approximate surface area is 123 Å². The Hall–Kier alpha value is -1.77. The largest absolute Gasteiger partial charge is 0.441 e. The minimum Gasteiger partial charge on any atom is -0.441 e. The standard InChI is InChI=1S/C13H16N4O3S/c1-16(2)21(18,19)17-7-5-12-11(9-17)15-13(20-12)10-4-3-6-14-8-10/h3-4,6,8H,5,7,9H2,1-2H3. The van der Waals surface area contributed by atoms with Crippen LogP contribution in [0, 0.1) is 0 Å². The molecule has 112 valence electrons. The SMILES string of the molecule is CN(C)S(=O)(=O)N1CCc2oc(-c3cccnc3)nc2C1. The van der Waals surface area contributed by atoms with Crippen LogP contribution in [0.4, 0.5) is 0 Å². The van der Waals surface area contributed by atoms with Crippen LogP contribution in [0.1, 0.15) is 11.5 Å². The predicted molar refractivity (Wildman–Crippen MR) is 76.5 cm³/mol. The van der Waals surface area contributed by atoms with E-state index in [2.05, 4.69) is 9.97 Å². The molecule has 3 rings (SSSR count). The average Bonchev–Trinajstić information content (AvgIpc) is 2.91. The second kappa shape index (κ2) is 5.21. The highest BCUT2D eigenvalue weighted by atomic mass is 32.2. The normalized spacial score (nSPS) is 16.1. The third kappa shape index (κ3) is 2.57. The first-order valence-electron chi connectivity index (χ1n) is 6.55. The molecule has 0 radical (unpaired) electrons. The molecule has 8 heteroatoms. The highest BCUT2D eigenvalue weighted by Gasteiger charge is 2.31. The van der Waals surface area contributed by atoms with Crippen molar-refractivity contribution < 1.29 is 12.8 Å². The zero-order valence-electron chi connectivity index (χ0n) is 11.9. The Morgan fingerprint density at radius 3 is 2.86 bits per heavy atom. The maximum Gasteiger partial charge on any atom is 0.281 e. The van der Waals surface area contributed by atoms with Gasteiger partial charge in [0.25, 0.3) is 10.2 Å². The van der Waals surface area contributed by atoms with Gasteiger partial charge in [0.2, 0.25) is 5.89 Å². The monoisotopic (exact) mass is 308 g/mol. The zero-order valence-corrected chi connectivity index (χ0v) is 12.7. The van der Waals surface area contributed by atoms with E-state index in [1.807, 2.05) is 6.07 Å². The molecule has 0 fully saturated rings. The molecule has 1 aliphatic rings. The molecule has 2 aromatic heterocycles. The second-order valence-electron chi connectivity index (χ2n) is 5.00. The fourth-order valence-corrected chi connectivity index (χ4v) is 3.28. The molecule has 0 aromatic carbocycles. The summed E-state index contributed by atoms with van der Waals surface area (Å²) < 4.78 is 32.7. The molecular weight excluding hydrogens is 292 g/mol. The Kier molecular flexibility index (Phi) is 3.52. The fraction of sp³-hybridized carbons (Fsp3) is 0.385. The molecule has 0 spiro atoms. The molecule has 0 unspecified atom stereocenters. The lowest BCUT2D eigenvalue weighted by molar-refractivity contribution is 0.338. The van der Waals surface area contributed by atoms with Crippen LogP contribution in [0.15, 0.2) is 28.9 Å². The number of fused-ring (bicyclic) bond motifs is 1. The number of aromatic nitrogens is 2. The van der Waals surface area contributed by atoms with Crippen molar-refractivity contribution in [2.24, 2.45) is 0 Å². The van der Waals surface area contributed by atoms with E-state index in [0.717, 1.165) is 11.3 Å². The molecule has 3 heterocycles. The van der Waals surface area contributed by atoms with Crippen molar-refractivity contribution in [1.82, 2.24) is 18.6 Å². The molecule has 0 amide bonds. The first kappa shape index (κ1) is 14.2. The molecule has 7 nitrogen and oxygen atoms in total. The Balaban J connectivity index is 1.90. The van der Waals surface area contributed by atoms with Gasteiger partial charge in [-0.3, -0.25) is 4.98 Å². The van der Waals surface area contributed by atoms with Crippen LogP contribution < -0.4 is 0 Å². The highest BCUT2D eigenvalue weighted by molar-refractivity contribution is 7.86. The lowest BCUT2D eigenvalue weighted by Crippen LogP contribution is -2.42. The Morgan fingerprint density at radius 1 is 1.38 bits per heavy atom. The number of nitrogens with zero attached hydrogens (tertiary/aromatic N) is 4. The van der Waals surface area contributed by atoms with E-state index < -0.39 is 10.2 Å². The number of hydrogen-bond acceptors (Lipinski definition) is 5. The van der Waals surface area contributed by atoms with Crippen LogP contribution in [0.2, 0.25) is 0 Å². The van der Waals surface area contributed by atoms with E-state index in [-0.39, 0.29) is 6.54 Å². The number of oxazole rings is 1. The summed E-state index contributed by atoms with van der Waals surface area (Å²) >= 11 is 0. The lowest BCUT2D eigenvalue weighted by atomic mass is 10.2. The average molecular weight is 308 g/mol. The van der Waals surface area contributed by atoms with Crippen LogP contribution in [0.3, 0.4) is 0 Å². The third-order valence-corrected chi connectivity index (χ3v) is 5.28. The van der Waals surface area contributed by atoms with Gasteiger partial charge >= 0.3 is 0 Å². The molecule has 0 saturated heterocycles. The second-order valence-corrected chi connectivity index (χ2v) is 7.15. The van der Waals surface area contributed by atoms with Crippen molar-refractivity contribution in [3.05, 3.63) is 36.0 Å². The van der Waals surface area contributed by atoms with E-state index in [1.54, 1.807) is 18.5 Å². The van der Waals surface area contributed by atoms with E-state index in [4.69, 9.17) is 4.42 Å². The summed E-state index contributed by atoms with van der Waals surface area (Å²) in [5, 5.41) is 0. The van der Waals surface area contributed by atoms with Gasteiger partial charge in [-0.25, -0.2) is 4.98 Å². The number of hydrogen-bond donors (Lipinski definition) is 0. The molecule has 0 bridgehead atoms.